The summed E-state index contributed by atoms with van der Waals surface area (Å²) in [6.45, 7) is 3.36. The van der Waals surface area contributed by atoms with E-state index in [0.29, 0.717) is 0 Å². The molecule has 0 spiro atoms. The quantitative estimate of drug-likeness (QED) is 0.693. The first-order chi connectivity index (χ1) is 7.42. The van der Waals surface area contributed by atoms with Gasteiger partial charge >= 0.3 is 0 Å². The Bertz CT molecular complexity index is 419. The van der Waals surface area contributed by atoms with Gasteiger partial charge in [0.25, 0.3) is 0 Å². The van der Waals surface area contributed by atoms with Crippen LogP contribution >= 0.6 is 11.8 Å². The molecule has 15 heavy (non-hydrogen) atoms. The standard InChI is InChI=1S/C13H17NS/c1-2-15-11-5-9-14-10-8-12-6-3-4-7-13(12)14/h3-4,6-8,10H,2,5,9,11H2,1H3. The molecule has 0 unspecified atom stereocenters. The molecular weight excluding hydrogens is 202 g/mol. The Kier molecular flexibility index (Phi) is 3.73. The molecule has 0 saturated heterocycles. The number of para-hydroxylation sites is 1. The van der Waals surface area contributed by atoms with E-state index in [1.54, 1.807) is 0 Å². The highest BCUT2D eigenvalue weighted by Crippen LogP contribution is 2.15. The molecule has 0 aliphatic carbocycles. The fourth-order valence-electron chi connectivity index (χ4n) is 1.82. The van der Waals surface area contributed by atoms with Crippen LogP contribution in [0.1, 0.15) is 13.3 Å². The lowest BCUT2D eigenvalue weighted by molar-refractivity contribution is 0.709. The molecule has 1 aromatic heterocycles. The van der Waals surface area contributed by atoms with E-state index in [2.05, 4.69) is 48.0 Å². The van der Waals surface area contributed by atoms with Crippen LogP contribution in [0.15, 0.2) is 36.5 Å². The largest absolute Gasteiger partial charge is 0.347 e. The number of fused-ring (bicyclic) bond motifs is 1. The molecule has 0 radical (unpaired) electrons. The van der Waals surface area contributed by atoms with E-state index < -0.39 is 0 Å². The summed E-state index contributed by atoms with van der Waals surface area (Å²) in [5.41, 5.74) is 1.36. The number of hydrogen-bond donors (Lipinski definition) is 0. The number of thioether (sulfide) groups is 1. The summed E-state index contributed by atoms with van der Waals surface area (Å²) in [6, 6.07) is 10.8. The summed E-state index contributed by atoms with van der Waals surface area (Å²) < 4.78 is 2.35. The van der Waals surface area contributed by atoms with Gasteiger partial charge in [0, 0.05) is 18.3 Å². The maximum atomic E-state index is 2.35. The van der Waals surface area contributed by atoms with Crippen molar-refractivity contribution in [1.82, 2.24) is 4.57 Å². The Morgan fingerprint density at radius 2 is 2.07 bits per heavy atom. The molecule has 2 heteroatoms. The van der Waals surface area contributed by atoms with Crippen molar-refractivity contribution in [2.24, 2.45) is 0 Å². The number of rotatable bonds is 5. The highest BCUT2D eigenvalue weighted by atomic mass is 32.2. The molecule has 2 aromatic rings. The SMILES string of the molecule is CCSCCCn1ccc2ccccc21. The zero-order valence-electron chi connectivity index (χ0n) is 9.15. The van der Waals surface area contributed by atoms with Crippen molar-refractivity contribution < 1.29 is 0 Å². The van der Waals surface area contributed by atoms with Crippen LogP contribution < -0.4 is 0 Å². The van der Waals surface area contributed by atoms with Gasteiger partial charge in [0.2, 0.25) is 0 Å². The van der Waals surface area contributed by atoms with Crippen LogP contribution in [0.25, 0.3) is 10.9 Å². The smallest absolute Gasteiger partial charge is 0.0480 e. The summed E-state index contributed by atoms with van der Waals surface area (Å²) in [7, 11) is 0. The maximum absolute atomic E-state index is 2.35. The molecule has 0 aliphatic heterocycles. The molecule has 2 rings (SSSR count). The van der Waals surface area contributed by atoms with Gasteiger partial charge in [-0.1, -0.05) is 25.1 Å². The molecule has 1 aromatic carbocycles. The van der Waals surface area contributed by atoms with Gasteiger partial charge in [-0.15, -0.1) is 0 Å². The van der Waals surface area contributed by atoms with Gasteiger partial charge in [-0.3, -0.25) is 0 Å². The van der Waals surface area contributed by atoms with Crippen molar-refractivity contribution in [3.8, 4) is 0 Å². The van der Waals surface area contributed by atoms with Crippen LogP contribution in [0.3, 0.4) is 0 Å². The Labute approximate surface area is 95.5 Å². The highest BCUT2D eigenvalue weighted by Gasteiger charge is 1.98. The predicted molar refractivity (Wildman–Crippen MR) is 69.6 cm³/mol. The van der Waals surface area contributed by atoms with Crippen molar-refractivity contribution in [3.05, 3.63) is 36.5 Å². The normalized spacial score (nSPS) is 11.0. The molecule has 80 valence electrons. The van der Waals surface area contributed by atoms with Crippen molar-refractivity contribution in [3.63, 3.8) is 0 Å². The lowest BCUT2D eigenvalue weighted by atomic mass is 10.2. The van der Waals surface area contributed by atoms with Crippen molar-refractivity contribution in [2.75, 3.05) is 11.5 Å². The predicted octanol–water partition coefficient (Wildman–Crippen LogP) is 3.78. The first kappa shape index (κ1) is 10.6. The fourth-order valence-corrected chi connectivity index (χ4v) is 2.44. The van der Waals surface area contributed by atoms with Gasteiger partial charge in [0.05, 0.1) is 0 Å². The average molecular weight is 219 g/mol. The average Bonchev–Trinajstić information content (AvgIpc) is 2.68. The minimum Gasteiger partial charge on any atom is -0.347 e. The second-order valence-electron chi connectivity index (χ2n) is 3.62. The van der Waals surface area contributed by atoms with Gasteiger partial charge in [0.1, 0.15) is 0 Å². The Morgan fingerprint density at radius 3 is 2.93 bits per heavy atom. The van der Waals surface area contributed by atoms with Crippen molar-refractivity contribution >= 4 is 22.7 Å². The van der Waals surface area contributed by atoms with Crippen molar-refractivity contribution in [2.45, 2.75) is 19.9 Å². The first-order valence-electron chi connectivity index (χ1n) is 5.53. The third kappa shape index (κ3) is 2.57. The number of nitrogens with zero attached hydrogens (tertiary/aromatic N) is 1. The summed E-state index contributed by atoms with van der Waals surface area (Å²) >= 11 is 2.02. The Balaban J connectivity index is 2.02. The number of aryl methyl sites for hydroxylation is 1. The fraction of sp³-hybridized carbons (Fsp3) is 0.385. The molecule has 0 bridgehead atoms. The first-order valence-corrected chi connectivity index (χ1v) is 6.69. The van der Waals surface area contributed by atoms with Crippen LogP contribution in [-0.4, -0.2) is 16.1 Å². The van der Waals surface area contributed by atoms with E-state index in [1.165, 1.54) is 28.8 Å². The van der Waals surface area contributed by atoms with Crippen molar-refractivity contribution in [1.29, 1.82) is 0 Å². The van der Waals surface area contributed by atoms with Gasteiger partial charge in [0.15, 0.2) is 0 Å². The van der Waals surface area contributed by atoms with E-state index >= 15 is 0 Å². The molecule has 0 N–H and O–H groups in total. The summed E-state index contributed by atoms with van der Waals surface area (Å²) in [4.78, 5) is 0. The minimum absolute atomic E-state index is 1.14. The molecule has 0 fully saturated rings. The van der Waals surface area contributed by atoms with Crippen LogP contribution in [0.5, 0.6) is 0 Å². The summed E-state index contributed by atoms with van der Waals surface area (Å²) in [5.74, 6) is 2.50. The Morgan fingerprint density at radius 1 is 1.20 bits per heavy atom. The molecule has 0 aliphatic rings. The third-order valence-electron chi connectivity index (χ3n) is 2.57. The van der Waals surface area contributed by atoms with Gasteiger partial charge < -0.3 is 4.57 Å². The lowest BCUT2D eigenvalue weighted by Gasteiger charge is -2.04. The maximum Gasteiger partial charge on any atom is 0.0480 e. The minimum atomic E-state index is 1.14. The van der Waals surface area contributed by atoms with E-state index in [0.717, 1.165) is 6.54 Å². The second-order valence-corrected chi connectivity index (χ2v) is 5.01. The number of benzene rings is 1. The van der Waals surface area contributed by atoms with E-state index in [-0.39, 0.29) is 0 Å². The molecule has 1 heterocycles. The van der Waals surface area contributed by atoms with Gasteiger partial charge in [-0.05, 0) is 35.4 Å². The second kappa shape index (κ2) is 5.26. The van der Waals surface area contributed by atoms with E-state index in [1.807, 2.05) is 11.8 Å². The summed E-state index contributed by atoms with van der Waals surface area (Å²) in [5, 5.41) is 1.35. The lowest BCUT2D eigenvalue weighted by Crippen LogP contribution is -1.97. The van der Waals surface area contributed by atoms with Gasteiger partial charge in [-0.2, -0.15) is 11.8 Å². The topological polar surface area (TPSA) is 4.93 Å². The highest BCUT2D eigenvalue weighted by molar-refractivity contribution is 7.99. The zero-order chi connectivity index (χ0) is 10.5. The summed E-state index contributed by atoms with van der Waals surface area (Å²) in [6.07, 6.45) is 3.46. The molecule has 0 saturated carbocycles. The van der Waals surface area contributed by atoms with Gasteiger partial charge in [-0.25, -0.2) is 0 Å². The molecule has 0 atom stereocenters. The molecule has 1 nitrogen and oxygen atoms in total. The van der Waals surface area contributed by atoms with E-state index in [4.69, 9.17) is 0 Å². The zero-order valence-corrected chi connectivity index (χ0v) is 9.96. The van der Waals surface area contributed by atoms with Crippen LogP contribution in [-0.2, 0) is 6.54 Å². The Hall–Kier alpha value is -0.890. The molecule has 0 amide bonds. The van der Waals surface area contributed by atoms with Crippen LogP contribution in [0.2, 0.25) is 0 Å². The van der Waals surface area contributed by atoms with E-state index in [9.17, 15) is 0 Å². The monoisotopic (exact) mass is 219 g/mol. The van der Waals surface area contributed by atoms with Crippen LogP contribution in [0, 0.1) is 0 Å². The number of hydrogen-bond acceptors (Lipinski definition) is 1. The number of aromatic nitrogens is 1. The molecular formula is C13H17NS. The van der Waals surface area contributed by atoms with Crippen LogP contribution in [0.4, 0.5) is 0 Å². The third-order valence-corrected chi connectivity index (χ3v) is 3.56.